The van der Waals surface area contributed by atoms with Crippen molar-refractivity contribution in [2.24, 2.45) is 23.7 Å². The first kappa shape index (κ1) is 32.5. The van der Waals surface area contributed by atoms with E-state index < -0.39 is 29.2 Å². The molecule has 1 saturated heterocycles. The highest BCUT2D eigenvalue weighted by Gasteiger charge is 2.46. The van der Waals surface area contributed by atoms with Crippen LogP contribution in [0, 0.1) is 30.6 Å². The number of esters is 1. The monoisotopic (exact) mass is 536 g/mol. The van der Waals surface area contributed by atoms with E-state index >= 15 is 0 Å². The van der Waals surface area contributed by atoms with E-state index in [4.69, 9.17) is 4.74 Å². The molecule has 218 valence electrons. The number of rotatable bonds is 6. The van der Waals surface area contributed by atoms with Gasteiger partial charge in [0, 0.05) is 31.3 Å². The van der Waals surface area contributed by atoms with Crippen molar-refractivity contribution in [2.45, 2.75) is 104 Å². The smallest absolute Gasteiger partial charge is 0.312 e. The Morgan fingerprint density at radius 3 is 2.47 bits per heavy atom. The number of phenols is 1. The normalized spacial score (nSPS) is 36.2. The number of hydrogen-bond donors (Lipinski definition) is 6. The maximum absolute atomic E-state index is 13.5. The lowest BCUT2D eigenvalue weighted by Gasteiger charge is -2.41. The fourth-order valence-corrected chi connectivity index (χ4v) is 5.94. The van der Waals surface area contributed by atoms with E-state index in [0.717, 1.165) is 18.5 Å². The number of aliphatic hydroxyl groups excluding tert-OH is 1. The number of para-hydroxylation sites is 1. The number of benzene rings is 1. The molecule has 2 rings (SSSR count). The first-order chi connectivity index (χ1) is 17.7. The maximum atomic E-state index is 13.5. The first-order valence-electron chi connectivity index (χ1n) is 14.2. The Morgan fingerprint density at radius 1 is 1.16 bits per heavy atom. The molecule has 38 heavy (non-hydrogen) atoms. The predicted molar refractivity (Wildman–Crippen MR) is 150 cm³/mol. The lowest BCUT2D eigenvalue weighted by molar-refractivity contribution is -0.181. The van der Waals surface area contributed by atoms with Gasteiger partial charge in [-0.2, -0.15) is 0 Å². The predicted octanol–water partition coefficient (Wildman–Crippen LogP) is 3.27. The lowest BCUT2D eigenvalue weighted by atomic mass is 9.73. The second-order valence-electron chi connectivity index (χ2n) is 12.1. The van der Waals surface area contributed by atoms with Gasteiger partial charge in [-0.05, 0) is 83.2 Å². The average molecular weight is 537 g/mol. The summed E-state index contributed by atoms with van der Waals surface area (Å²) in [5, 5.41) is 50.7. The van der Waals surface area contributed by atoms with Crippen LogP contribution in [0.5, 0.6) is 5.75 Å². The largest absolute Gasteiger partial charge is 0.507 e. The first-order valence-corrected chi connectivity index (χ1v) is 14.2. The van der Waals surface area contributed by atoms with Gasteiger partial charge in [0.1, 0.15) is 17.5 Å². The molecule has 1 aliphatic heterocycles. The van der Waals surface area contributed by atoms with Crippen LogP contribution in [0.4, 0.5) is 0 Å². The van der Waals surface area contributed by atoms with Crippen LogP contribution in [0.3, 0.4) is 0 Å². The Balaban J connectivity index is 2.36. The molecule has 0 spiro atoms. The average Bonchev–Trinajstić information content (AvgIpc) is 2.86. The van der Waals surface area contributed by atoms with Crippen molar-refractivity contribution in [3.05, 3.63) is 29.3 Å². The topological polar surface area (TPSA) is 131 Å². The van der Waals surface area contributed by atoms with Crippen LogP contribution in [-0.4, -0.2) is 69.4 Å². The molecule has 0 bridgehead atoms. The molecule has 0 radical (unpaired) electrons. The number of hydrogen-bond acceptors (Lipinski definition) is 8. The van der Waals surface area contributed by atoms with E-state index in [1.54, 1.807) is 13.8 Å². The summed E-state index contributed by atoms with van der Waals surface area (Å²) in [5.74, 6) is -1.34. The summed E-state index contributed by atoms with van der Waals surface area (Å²) < 4.78 is 5.88. The third-order valence-electron chi connectivity index (χ3n) is 8.54. The summed E-state index contributed by atoms with van der Waals surface area (Å²) in [6.45, 7) is 14.3. The number of ether oxygens (including phenoxy) is 1. The number of carbonyl (C=O) groups excluding carboxylic acids is 1. The number of phenolic OH excluding ortho intramolecular Hbond substituents is 1. The van der Waals surface area contributed by atoms with E-state index in [2.05, 4.69) is 17.6 Å². The second-order valence-corrected chi connectivity index (χ2v) is 12.1. The molecule has 1 heterocycles. The molecule has 1 aromatic rings. The van der Waals surface area contributed by atoms with Gasteiger partial charge < -0.3 is 35.8 Å². The van der Waals surface area contributed by atoms with E-state index in [1.807, 2.05) is 45.9 Å². The highest BCUT2D eigenvalue weighted by atomic mass is 16.6. The Morgan fingerprint density at radius 2 is 1.84 bits per heavy atom. The van der Waals surface area contributed by atoms with Gasteiger partial charge in [-0.15, -0.1) is 0 Å². The molecular weight excluding hydrogens is 484 g/mol. The van der Waals surface area contributed by atoms with Crippen LogP contribution < -0.4 is 10.6 Å². The number of nitrogens with one attached hydrogen (secondary N) is 2. The second kappa shape index (κ2) is 14.1. The summed E-state index contributed by atoms with van der Waals surface area (Å²) in [4.78, 5) is 13.5. The van der Waals surface area contributed by atoms with Gasteiger partial charge in [0.2, 0.25) is 0 Å². The van der Waals surface area contributed by atoms with Crippen molar-refractivity contribution in [3.63, 3.8) is 0 Å². The summed E-state index contributed by atoms with van der Waals surface area (Å²) in [7, 11) is 0. The number of aryl methyl sites for hydroxylation is 1. The van der Waals surface area contributed by atoms with Crippen molar-refractivity contribution in [3.8, 4) is 5.75 Å². The molecular formula is C30H52N2O6. The molecule has 8 atom stereocenters. The van der Waals surface area contributed by atoms with E-state index in [0.29, 0.717) is 31.4 Å². The summed E-state index contributed by atoms with van der Waals surface area (Å²) in [6, 6.07) is 5.53. The molecule has 1 unspecified atom stereocenters. The fraction of sp³-hybridized carbons (Fsp3) is 0.767. The van der Waals surface area contributed by atoms with Crippen LogP contribution in [0.2, 0.25) is 0 Å². The Labute approximate surface area is 229 Å². The molecule has 0 aromatic heterocycles. The Kier molecular flexibility index (Phi) is 12.0. The van der Waals surface area contributed by atoms with Gasteiger partial charge in [0.05, 0.1) is 11.5 Å². The molecule has 0 saturated carbocycles. The van der Waals surface area contributed by atoms with Crippen LogP contribution in [0.1, 0.15) is 78.4 Å². The fourth-order valence-electron chi connectivity index (χ4n) is 5.94. The molecule has 6 N–H and O–H groups in total. The van der Waals surface area contributed by atoms with E-state index in [1.165, 1.54) is 0 Å². The minimum atomic E-state index is -1.48. The van der Waals surface area contributed by atoms with E-state index in [9.17, 15) is 25.2 Å². The van der Waals surface area contributed by atoms with Gasteiger partial charge in [0.25, 0.3) is 0 Å². The quantitative estimate of drug-likeness (QED) is 0.306. The van der Waals surface area contributed by atoms with Gasteiger partial charge in [-0.25, -0.2) is 0 Å². The zero-order valence-corrected chi connectivity index (χ0v) is 24.5. The van der Waals surface area contributed by atoms with Crippen molar-refractivity contribution in [1.82, 2.24) is 10.6 Å². The van der Waals surface area contributed by atoms with Crippen molar-refractivity contribution in [1.29, 1.82) is 0 Å². The van der Waals surface area contributed by atoms with Crippen molar-refractivity contribution < 1.29 is 30.0 Å². The Bertz CT molecular complexity index is 893. The summed E-state index contributed by atoms with van der Waals surface area (Å²) >= 11 is 0. The zero-order valence-electron chi connectivity index (χ0n) is 24.5. The third-order valence-corrected chi connectivity index (χ3v) is 8.54. The third kappa shape index (κ3) is 8.39. The Hall–Kier alpha value is -1.71. The highest BCUT2D eigenvalue weighted by Crippen LogP contribution is 2.35. The minimum Gasteiger partial charge on any atom is -0.507 e. The highest BCUT2D eigenvalue weighted by molar-refractivity contribution is 5.74. The SMILES string of the molecule is CC[C@H]1OC(=O)C(C)[C@@](O)(CNCc2cccc(C)c2O)[C@H](C)C[C@@H](CO)C[C@@H](C)CN[C@H](C)C[C@]1(C)O. The number of carbonyl (C=O) groups is 1. The van der Waals surface area contributed by atoms with E-state index in [-0.39, 0.29) is 42.7 Å². The molecule has 1 aromatic carbocycles. The number of cyclic esters (lactones) is 1. The van der Waals surface area contributed by atoms with Crippen LogP contribution in [0.25, 0.3) is 0 Å². The molecule has 1 aliphatic rings. The van der Waals surface area contributed by atoms with Crippen LogP contribution in [0.15, 0.2) is 18.2 Å². The van der Waals surface area contributed by atoms with Crippen LogP contribution in [-0.2, 0) is 16.1 Å². The molecule has 0 aliphatic carbocycles. The molecule has 8 heteroatoms. The minimum absolute atomic E-state index is 0.00362. The van der Waals surface area contributed by atoms with Gasteiger partial charge in [-0.3, -0.25) is 4.79 Å². The molecule has 0 amide bonds. The van der Waals surface area contributed by atoms with Crippen molar-refractivity contribution in [2.75, 3.05) is 19.7 Å². The summed E-state index contributed by atoms with van der Waals surface area (Å²) in [5.41, 5.74) is -1.25. The zero-order chi connectivity index (χ0) is 28.7. The number of aliphatic hydroxyl groups is 3. The van der Waals surface area contributed by atoms with Gasteiger partial charge in [0.15, 0.2) is 0 Å². The molecule has 1 fully saturated rings. The standard InChI is InChI=1S/C30H52N2O6/c1-8-26-29(7,36)14-22(5)32-15-19(2)12-24(17-33)13-21(4)30(37,23(6)28(35)38-26)18-31-16-25-11-9-10-20(3)27(25)34/h9-11,19,21-24,26,31-34,36-37H,8,12-18H2,1-7H3/t19-,21-,22-,23?,24+,26-,29+,30-/m1/s1. The van der Waals surface area contributed by atoms with Crippen LogP contribution >= 0.6 is 0 Å². The van der Waals surface area contributed by atoms with Crippen molar-refractivity contribution >= 4 is 5.97 Å². The summed E-state index contributed by atoms with van der Waals surface area (Å²) in [6.07, 6.45) is 1.45. The number of aromatic hydroxyl groups is 1. The maximum Gasteiger partial charge on any atom is 0.312 e. The van der Waals surface area contributed by atoms with Gasteiger partial charge >= 0.3 is 5.97 Å². The molecule has 8 nitrogen and oxygen atoms in total. The van der Waals surface area contributed by atoms with Gasteiger partial charge in [-0.1, -0.05) is 39.0 Å². The lowest BCUT2D eigenvalue weighted by Crippen LogP contribution is -2.55.